The number of non-ortho nitro benzene ring substituents is 1. The third kappa shape index (κ3) is 5.77. The fraction of sp³-hybridized carbons (Fsp3) is 0.0435. The normalized spacial score (nSPS) is 14.4. The number of thioether (sulfide) groups is 1. The maximum Gasteiger partial charge on any atom is 0.318 e. The molecule has 10 nitrogen and oxygen atoms in total. The summed E-state index contributed by atoms with van der Waals surface area (Å²) in [6, 6.07) is 12.5. The van der Waals surface area contributed by atoms with Crippen LogP contribution in [0.4, 0.5) is 16.2 Å². The minimum Gasteiger partial charge on any atom is -0.449 e. The molecule has 0 unspecified atom stereocenters. The van der Waals surface area contributed by atoms with Crippen LogP contribution in [-0.2, 0) is 11.3 Å². The van der Waals surface area contributed by atoms with E-state index in [-0.39, 0.29) is 22.9 Å². The number of carbonyl (C=O) groups excluding carboxylic acids is 2. The van der Waals surface area contributed by atoms with Gasteiger partial charge in [-0.05, 0) is 54.2 Å². The number of ether oxygens (including phenoxy) is 1. The molecule has 188 valence electrons. The molecule has 0 aliphatic carbocycles. The minimum absolute atomic E-state index is 0.0781. The van der Waals surface area contributed by atoms with Gasteiger partial charge in [-0.1, -0.05) is 45.2 Å². The number of hydrogen-bond donors (Lipinski definition) is 0. The topological polar surface area (TPSA) is 133 Å². The van der Waals surface area contributed by atoms with Crippen LogP contribution in [0, 0.1) is 20.2 Å². The number of hydrogen-bond acceptors (Lipinski definition) is 8. The number of benzene rings is 3. The predicted molar refractivity (Wildman–Crippen MR) is 142 cm³/mol. The lowest BCUT2D eigenvalue weighted by atomic mass is 10.1. The average Bonchev–Trinajstić information content (AvgIpc) is 3.10. The summed E-state index contributed by atoms with van der Waals surface area (Å²) >= 11 is 16.4. The summed E-state index contributed by atoms with van der Waals surface area (Å²) in [4.78, 5) is 47.7. The van der Waals surface area contributed by atoms with Crippen molar-refractivity contribution < 1.29 is 24.2 Å². The molecule has 1 heterocycles. The monoisotopic (exact) mass is 623 g/mol. The van der Waals surface area contributed by atoms with Crippen LogP contribution in [0.5, 0.6) is 11.5 Å². The fourth-order valence-electron chi connectivity index (χ4n) is 3.31. The maximum absolute atomic E-state index is 13.1. The van der Waals surface area contributed by atoms with Crippen LogP contribution < -0.4 is 4.74 Å². The molecule has 2 amide bonds. The zero-order valence-corrected chi connectivity index (χ0v) is 22.1. The lowest BCUT2D eigenvalue weighted by Gasteiger charge is -2.14. The Morgan fingerprint density at radius 3 is 2.30 bits per heavy atom. The highest BCUT2D eigenvalue weighted by atomic mass is 79.9. The number of amides is 2. The summed E-state index contributed by atoms with van der Waals surface area (Å²) in [5.74, 6) is -0.714. The molecule has 3 aromatic carbocycles. The highest BCUT2D eigenvalue weighted by Crippen LogP contribution is 2.40. The molecule has 1 aliphatic heterocycles. The van der Waals surface area contributed by atoms with Gasteiger partial charge in [0.25, 0.3) is 16.8 Å². The van der Waals surface area contributed by atoms with E-state index < -0.39 is 32.4 Å². The van der Waals surface area contributed by atoms with E-state index in [1.165, 1.54) is 12.1 Å². The molecule has 4 rings (SSSR count). The summed E-state index contributed by atoms with van der Waals surface area (Å²) in [5, 5.41) is 22.6. The highest BCUT2D eigenvalue weighted by Gasteiger charge is 2.36. The minimum atomic E-state index is -0.800. The maximum atomic E-state index is 13.1. The fourth-order valence-corrected chi connectivity index (χ4v) is 5.04. The Bertz CT molecular complexity index is 1500. The molecule has 0 N–H and O–H groups in total. The van der Waals surface area contributed by atoms with E-state index in [0.29, 0.717) is 37.4 Å². The van der Waals surface area contributed by atoms with Crippen molar-refractivity contribution in [2.45, 2.75) is 6.54 Å². The van der Waals surface area contributed by atoms with E-state index in [1.54, 1.807) is 30.3 Å². The number of imide groups is 1. The van der Waals surface area contributed by atoms with E-state index in [9.17, 15) is 29.8 Å². The first-order chi connectivity index (χ1) is 17.5. The number of nitrogens with zero attached hydrogens (tertiary/aromatic N) is 3. The zero-order valence-electron chi connectivity index (χ0n) is 18.2. The first kappa shape index (κ1) is 26.6. The van der Waals surface area contributed by atoms with Gasteiger partial charge in [0, 0.05) is 31.7 Å². The SMILES string of the molecule is O=C1S/C(=C\c2cc(Br)ccc2Oc2ccc([N+](=O)[O-])cc2[N+](=O)[O-])C(=O)N1Cc1c(Cl)cccc1Cl. The second-order valence-corrected chi connectivity index (χ2v) is 10.1. The average molecular weight is 625 g/mol. The first-order valence-electron chi connectivity index (χ1n) is 10.1. The summed E-state index contributed by atoms with van der Waals surface area (Å²) < 4.78 is 6.34. The van der Waals surface area contributed by atoms with Gasteiger partial charge in [-0.2, -0.15) is 0 Å². The summed E-state index contributed by atoms with van der Waals surface area (Å²) in [6.07, 6.45) is 1.41. The molecule has 3 aromatic rings. The Balaban J connectivity index is 1.67. The second-order valence-electron chi connectivity index (χ2n) is 7.42. The smallest absolute Gasteiger partial charge is 0.318 e. The Kier molecular flexibility index (Phi) is 7.83. The van der Waals surface area contributed by atoms with E-state index in [2.05, 4.69) is 15.9 Å². The third-order valence-electron chi connectivity index (χ3n) is 5.08. The molecule has 0 saturated carbocycles. The van der Waals surface area contributed by atoms with Crippen LogP contribution in [0.25, 0.3) is 6.08 Å². The van der Waals surface area contributed by atoms with Crippen molar-refractivity contribution in [2.24, 2.45) is 0 Å². The van der Waals surface area contributed by atoms with E-state index in [4.69, 9.17) is 27.9 Å². The number of carbonyl (C=O) groups is 2. The van der Waals surface area contributed by atoms with Crippen molar-refractivity contribution in [3.8, 4) is 11.5 Å². The van der Waals surface area contributed by atoms with Crippen molar-refractivity contribution in [1.82, 2.24) is 4.90 Å². The van der Waals surface area contributed by atoms with Crippen LogP contribution in [0.1, 0.15) is 11.1 Å². The third-order valence-corrected chi connectivity index (χ3v) is 7.19. The van der Waals surface area contributed by atoms with Gasteiger partial charge in [-0.15, -0.1) is 0 Å². The molecule has 0 aromatic heterocycles. The van der Waals surface area contributed by atoms with E-state index in [0.717, 1.165) is 23.1 Å². The van der Waals surface area contributed by atoms with Gasteiger partial charge in [0.05, 0.1) is 27.4 Å². The Morgan fingerprint density at radius 2 is 1.65 bits per heavy atom. The van der Waals surface area contributed by atoms with Crippen LogP contribution >= 0.6 is 50.9 Å². The van der Waals surface area contributed by atoms with Crippen LogP contribution in [0.2, 0.25) is 10.0 Å². The van der Waals surface area contributed by atoms with Gasteiger partial charge < -0.3 is 4.74 Å². The molecule has 37 heavy (non-hydrogen) atoms. The number of nitro benzene ring substituents is 2. The van der Waals surface area contributed by atoms with Crippen molar-refractivity contribution in [1.29, 1.82) is 0 Å². The Labute approximate surface area is 231 Å². The largest absolute Gasteiger partial charge is 0.449 e. The summed E-state index contributed by atoms with van der Waals surface area (Å²) in [7, 11) is 0. The Morgan fingerprint density at radius 1 is 0.973 bits per heavy atom. The van der Waals surface area contributed by atoms with E-state index >= 15 is 0 Å². The van der Waals surface area contributed by atoms with Crippen molar-refractivity contribution >= 4 is 79.5 Å². The Hall–Kier alpha value is -3.45. The first-order valence-corrected chi connectivity index (χ1v) is 12.5. The van der Waals surface area contributed by atoms with Crippen molar-refractivity contribution in [3.05, 3.63) is 105 Å². The van der Waals surface area contributed by atoms with Crippen molar-refractivity contribution in [3.63, 3.8) is 0 Å². The summed E-state index contributed by atoms with van der Waals surface area (Å²) in [6.45, 7) is -0.128. The van der Waals surface area contributed by atoms with Crippen LogP contribution in [0.3, 0.4) is 0 Å². The number of halogens is 3. The van der Waals surface area contributed by atoms with Gasteiger partial charge >= 0.3 is 5.69 Å². The molecule has 0 bridgehead atoms. The highest BCUT2D eigenvalue weighted by molar-refractivity contribution is 9.10. The lowest BCUT2D eigenvalue weighted by molar-refractivity contribution is -0.394. The van der Waals surface area contributed by atoms with Gasteiger partial charge in [0.15, 0.2) is 0 Å². The van der Waals surface area contributed by atoms with E-state index in [1.807, 2.05) is 0 Å². The predicted octanol–water partition coefficient (Wildman–Crippen LogP) is 7.60. The quantitative estimate of drug-likeness (QED) is 0.149. The molecule has 0 radical (unpaired) electrons. The summed E-state index contributed by atoms with van der Waals surface area (Å²) in [5.41, 5.74) is -0.336. The molecule has 0 spiro atoms. The molecule has 1 fully saturated rings. The second kappa shape index (κ2) is 10.9. The molecule has 14 heteroatoms. The zero-order chi connectivity index (χ0) is 26.9. The van der Waals surface area contributed by atoms with Gasteiger partial charge in [-0.3, -0.25) is 34.7 Å². The van der Waals surface area contributed by atoms with Gasteiger partial charge in [0.2, 0.25) is 5.75 Å². The van der Waals surface area contributed by atoms with Gasteiger partial charge in [-0.25, -0.2) is 0 Å². The molecule has 1 aliphatic rings. The van der Waals surface area contributed by atoms with Gasteiger partial charge in [0.1, 0.15) is 5.75 Å². The standard InChI is InChI=1S/C23H12BrCl2N3O7S/c24-13-4-6-19(36-20-7-5-14(28(32)33)10-18(20)29(34)35)12(8-13)9-21-22(30)27(23(31)37-21)11-15-16(25)2-1-3-17(15)26/h1-10H,11H2/b21-9-. The van der Waals surface area contributed by atoms with Crippen LogP contribution in [0.15, 0.2) is 64.0 Å². The lowest BCUT2D eigenvalue weighted by Crippen LogP contribution is -2.27. The number of nitro groups is 2. The molecule has 0 atom stereocenters. The molecular weight excluding hydrogens is 613 g/mol. The van der Waals surface area contributed by atoms with Crippen molar-refractivity contribution in [2.75, 3.05) is 0 Å². The molecular formula is C23H12BrCl2N3O7S. The molecule has 1 saturated heterocycles. The van der Waals surface area contributed by atoms with Crippen LogP contribution in [-0.4, -0.2) is 25.9 Å². The number of rotatable bonds is 7.